The molecule has 2 N–H and O–H groups in total. The van der Waals surface area contributed by atoms with Gasteiger partial charge in [-0.2, -0.15) is 0 Å². The quantitative estimate of drug-likeness (QED) is 0.589. The standard InChI is InChI=1S/C12H15ClN2O3S/c1-2-12(16)14-8-5-9-15-19(17,18)11-7-4-3-6-10(11)13/h2-4,6-7,15H,1,5,8-9H2,(H,14,16). The van der Waals surface area contributed by atoms with E-state index in [1.165, 1.54) is 12.1 Å². The summed E-state index contributed by atoms with van der Waals surface area (Å²) in [6.45, 7) is 3.89. The van der Waals surface area contributed by atoms with Crippen molar-refractivity contribution in [1.82, 2.24) is 10.0 Å². The first-order chi connectivity index (χ1) is 8.97. The zero-order chi connectivity index (χ0) is 14.3. The Hall–Kier alpha value is -1.37. The molecular weight excluding hydrogens is 288 g/mol. The highest BCUT2D eigenvalue weighted by atomic mass is 35.5. The van der Waals surface area contributed by atoms with E-state index in [-0.39, 0.29) is 22.4 Å². The molecule has 1 aromatic rings. The van der Waals surface area contributed by atoms with Crippen LogP contribution in [0.2, 0.25) is 5.02 Å². The first kappa shape index (κ1) is 15.7. The van der Waals surface area contributed by atoms with Crippen LogP contribution in [0.1, 0.15) is 6.42 Å². The van der Waals surface area contributed by atoms with E-state index in [1.54, 1.807) is 12.1 Å². The number of benzene rings is 1. The van der Waals surface area contributed by atoms with Gasteiger partial charge in [0, 0.05) is 13.1 Å². The summed E-state index contributed by atoms with van der Waals surface area (Å²) in [4.78, 5) is 10.9. The Kier molecular flexibility index (Phi) is 6.01. The first-order valence-corrected chi connectivity index (χ1v) is 7.48. The van der Waals surface area contributed by atoms with Crippen LogP contribution in [0.25, 0.3) is 0 Å². The van der Waals surface area contributed by atoms with E-state index in [4.69, 9.17) is 11.6 Å². The van der Waals surface area contributed by atoms with E-state index in [1.807, 2.05) is 0 Å². The molecule has 0 radical (unpaired) electrons. The summed E-state index contributed by atoms with van der Waals surface area (Å²) in [5.41, 5.74) is 0. The van der Waals surface area contributed by atoms with E-state index in [9.17, 15) is 13.2 Å². The average Bonchev–Trinajstić information content (AvgIpc) is 2.38. The zero-order valence-corrected chi connectivity index (χ0v) is 11.8. The number of halogens is 1. The highest BCUT2D eigenvalue weighted by Crippen LogP contribution is 2.19. The molecule has 104 valence electrons. The minimum absolute atomic E-state index is 0.0480. The van der Waals surface area contributed by atoms with Crippen LogP contribution in [-0.2, 0) is 14.8 Å². The lowest BCUT2D eigenvalue weighted by atomic mass is 10.4. The van der Waals surface area contributed by atoms with Gasteiger partial charge in [-0.1, -0.05) is 30.3 Å². The van der Waals surface area contributed by atoms with Crippen LogP contribution in [-0.4, -0.2) is 27.4 Å². The molecule has 0 aliphatic heterocycles. The maximum absolute atomic E-state index is 11.9. The Morgan fingerprint density at radius 1 is 1.32 bits per heavy atom. The van der Waals surface area contributed by atoms with Crippen LogP contribution in [0.5, 0.6) is 0 Å². The van der Waals surface area contributed by atoms with Gasteiger partial charge in [0.15, 0.2) is 0 Å². The molecule has 1 amide bonds. The molecule has 0 heterocycles. The van der Waals surface area contributed by atoms with Crippen LogP contribution in [0.15, 0.2) is 41.8 Å². The van der Waals surface area contributed by atoms with Crippen molar-refractivity contribution in [3.05, 3.63) is 41.9 Å². The minimum Gasteiger partial charge on any atom is -0.353 e. The summed E-state index contributed by atoms with van der Waals surface area (Å²) in [5.74, 6) is -0.283. The number of sulfonamides is 1. The lowest BCUT2D eigenvalue weighted by Crippen LogP contribution is -2.29. The van der Waals surface area contributed by atoms with Gasteiger partial charge in [-0.25, -0.2) is 13.1 Å². The van der Waals surface area contributed by atoms with E-state index in [0.717, 1.165) is 6.08 Å². The van der Waals surface area contributed by atoms with Crippen molar-refractivity contribution in [2.24, 2.45) is 0 Å². The molecule has 1 rings (SSSR count). The third kappa shape index (κ3) is 5.02. The molecule has 0 atom stereocenters. The third-order valence-corrected chi connectivity index (χ3v) is 4.22. The smallest absolute Gasteiger partial charge is 0.243 e. The summed E-state index contributed by atoms with van der Waals surface area (Å²) >= 11 is 5.82. The van der Waals surface area contributed by atoms with Crippen molar-refractivity contribution in [1.29, 1.82) is 0 Å². The normalized spacial score (nSPS) is 11.0. The van der Waals surface area contributed by atoms with Crippen molar-refractivity contribution in [2.75, 3.05) is 13.1 Å². The SMILES string of the molecule is C=CC(=O)NCCCNS(=O)(=O)c1ccccc1Cl. The summed E-state index contributed by atoms with van der Waals surface area (Å²) in [5, 5.41) is 2.73. The van der Waals surface area contributed by atoms with Gasteiger partial charge in [0.1, 0.15) is 4.90 Å². The van der Waals surface area contributed by atoms with Gasteiger partial charge in [0.25, 0.3) is 0 Å². The van der Waals surface area contributed by atoms with Crippen molar-refractivity contribution >= 4 is 27.5 Å². The number of rotatable bonds is 7. The molecule has 0 aliphatic rings. The average molecular weight is 303 g/mol. The zero-order valence-electron chi connectivity index (χ0n) is 10.2. The molecule has 0 spiro atoms. The molecule has 5 nitrogen and oxygen atoms in total. The molecule has 19 heavy (non-hydrogen) atoms. The lowest BCUT2D eigenvalue weighted by Gasteiger charge is -2.08. The number of hydrogen-bond acceptors (Lipinski definition) is 3. The minimum atomic E-state index is -3.61. The van der Waals surface area contributed by atoms with Crippen molar-refractivity contribution < 1.29 is 13.2 Å². The van der Waals surface area contributed by atoms with Crippen LogP contribution in [0, 0.1) is 0 Å². The van der Waals surface area contributed by atoms with E-state index >= 15 is 0 Å². The van der Waals surface area contributed by atoms with Gasteiger partial charge in [0.2, 0.25) is 15.9 Å². The fraction of sp³-hybridized carbons (Fsp3) is 0.250. The molecule has 0 aromatic heterocycles. The fourth-order valence-electron chi connectivity index (χ4n) is 1.32. The molecule has 0 saturated carbocycles. The summed E-state index contributed by atoms with van der Waals surface area (Å²) in [7, 11) is -3.61. The second-order valence-corrected chi connectivity index (χ2v) is 5.82. The monoisotopic (exact) mass is 302 g/mol. The lowest BCUT2D eigenvalue weighted by molar-refractivity contribution is -0.116. The molecule has 0 fully saturated rings. The Balaban J connectivity index is 2.47. The van der Waals surface area contributed by atoms with Gasteiger partial charge in [-0.15, -0.1) is 0 Å². The second-order valence-electron chi connectivity index (χ2n) is 3.68. The van der Waals surface area contributed by atoms with Crippen LogP contribution >= 0.6 is 11.6 Å². The maximum atomic E-state index is 11.9. The van der Waals surface area contributed by atoms with Crippen LogP contribution in [0.3, 0.4) is 0 Å². The first-order valence-electron chi connectivity index (χ1n) is 5.62. The molecule has 0 bridgehead atoms. The van der Waals surface area contributed by atoms with E-state index < -0.39 is 10.0 Å². The number of hydrogen-bond donors (Lipinski definition) is 2. The van der Waals surface area contributed by atoms with Gasteiger partial charge in [0.05, 0.1) is 5.02 Å². The van der Waals surface area contributed by atoms with Crippen LogP contribution in [0.4, 0.5) is 0 Å². The van der Waals surface area contributed by atoms with Crippen LogP contribution < -0.4 is 10.0 Å². The highest BCUT2D eigenvalue weighted by Gasteiger charge is 2.16. The van der Waals surface area contributed by atoms with Crippen molar-refractivity contribution in [2.45, 2.75) is 11.3 Å². The molecule has 7 heteroatoms. The third-order valence-electron chi connectivity index (χ3n) is 2.26. The number of carbonyl (C=O) groups is 1. The molecular formula is C12H15ClN2O3S. The van der Waals surface area contributed by atoms with Gasteiger partial charge < -0.3 is 5.32 Å². The largest absolute Gasteiger partial charge is 0.353 e. The summed E-state index contributed by atoms with van der Waals surface area (Å²) in [6, 6.07) is 6.21. The predicted molar refractivity (Wildman–Crippen MR) is 74.5 cm³/mol. The molecule has 0 saturated heterocycles. The van der Waals surface area contributed by atoms with E-state index in [0.29, 0.717) is 13.0 Å². The number of carbonyl (C=O) groups excluding carboxylic acids is 1. The maximum Gasteiger partial charge on any atom is 0.243 e. The van der Waals surface area contributed by atoms with Gasteiger partial charge in [-0.05, 0) is 24.6 Å². The Bertz CT molecular complexity index is 558. The predicted octanol–water partition coefficient (Wildman–Crippen LogP) is 1.31. The Morgan fingerprint density at radius 3 is 2.63 bits per heavy atom. The molecule has 0 aliphatic carbocycles. The molecule has 0 unspecified atom stereocenters. The van der Waals surface area contributed by atoms with Crippen molar-refractivity contribution in [3.8, 4) is 0 Å². The van der Waals surface area contributed by atoms with Crippen molar-refractivity contribution in [3.63, 3.8) is 0 Å². The summed E-state index contributed by atoms with van der Waals surface area (Å²) in [6.07, 6.45) is 1.64. The second kappa shape index (κ2) is 7.28. The Labute approximate surface area is 117 Å². The molecule has 1 aromatic carbocycles. The topological polar surface area (TPSA) is 75.3 Å². The fourth-order valence-corrected chi connectivity index (χ4v) is 2.91. The number of amides is 1. The summed E-state index contributed by atoms with van der Waals surface area (Å²) < 4.78 is 26.2. The Morgan fingerprint density at radius 2 is 2.00 bits per heavy atom. The highest BCUT2D eigenvalue weighted by molar-refractivity contribution is 7.89. The number of nitrogens with one attached hydrogen (secondary N) is 2. The van der Waals surface area contributed by atoms with E-state index in [2.05, 4.69) is 16.6 Å². The van der Waals surface area contributed by atoms with Gasteiger partial charge >= 0.3 is 0 Å². The van der Waals surface area contributed by atoms with Gasteiger partial charge in [-0.3, -0.25) is 4.79 Å².